The van der Waals surface area contributed by atoms with Crippen LogP contribution in [-0.4, -0.2) is 31.3 Å². The van der Waals surface area contributed by atoms with Crippen molar-refractivity contribution in [2.75, 3.05) is 13.1 Å². The highest BCUT2D eigenvalue weighted by Gasteiger charge is 2.16. The first-order valence-electron chi connectivity index (χ1n) is 5.54. The molecule has 8 heteroatoms. The molecule has 0 fully saturated rings. The number of para-hydroxylation sites is 1. The second-order valence-electron chi connectivity index (χ2n) is 3.76. The molecule has 0 aliphatic rings. The molecule has 0 radical (unpaired) electrons. The number of hydrogen-bond acceptors (Lipinski definition) is 4. The van der Waals surface area contributed by atoms with Crippen LogP contribution in [0.25, 0.3) is 5.69 Å². The van der Waals surface area contributed by atoms with Crippen molar-refractivity contribution >= 4 is 10.0 Å². The molecule has 0 bridgehead atoms. The molecule has 1 aromatic heterocycles. The number of nitrogens with one attached hydrogen (secondary N) is 1. The first-order valence-corrected chi connectivity index (χ1v) is 7.02. The smallest absolute Gasteiger partial charge is 0.243 e. The maximum atomic E-state index is 13.5. The van der Waals surface area contributed by atoms with Gasteiger partial charge in [-0.1, -0.05) is 12.1 Å². The van der Waals surface area contributed by atoms with Gasteiger partial charge >= 0.3 is 0 Å². The predicted octanol–water partition coefficient (Wildman–Crippen LogP) is 0.248. The maximum Gasteiger partial charge on any atom is 0.243 e. The van der Waals surface area contributed by atoms with Gasteiger partial charge in [0.1, 0.15) is 16.4 Å². The van der Waals surface area contributed by atoms with Gasteiger partial charge in [-0.3, -0.25) is 0 Å². The first-order chi connectivity index (χ1) is 9.04. The molecule has 0 unspecified atom stereocenters. The van der Waals surface area contributed by atoms with Crippen molar-refractivity contribution in [1.82, 2.24) is 14.5 Å². The number of nitrogens with two attached hydrogens (primary N) is 1. The summed E-state index contributed by atoms with van der Waals surface area (Å²) in [7, 11) is -3.66. The zero-order valence-electron chi connectivity index (χ0n) is 9.95. The van der Waals surface area contributed by atoms with Gasteiger partial charge in [-0.15, -0.1) is 0 Å². The van der Waals surface area contributed by atoms with Crippen molar-refractivity contribution in [3.63, 3.8) is 0 Å². The van der Waals surface area contributed by atoms with Crippen LogP contribution < -0.4 is 10.5 Å². The van der Waals surface area contributed by atoms with E-state index in [1.807, 2.05) is 0 Å². The summed E-state index contributed by atoms with van der Waals surface area (Å²) in [4.78, 5) is -0.0378. The van der Waals surface area contributed by atoms with Crippen LogP contribution in [0.1, 0.15) is 0 Å². The third kappa shape index (κ3) is 2.98. The summed E-state index contributed by atoms with van der Waals surface area (Å²) < 4.78 is 40.6. The van der Waals surface area contributed by atoms with Crippen LogP contribution in [0.2, 0.25) is 0 Å². The van der Waals surface area contributed by atoms with Gasteiger partial charge in [0.15, 0.2) is 0 Å². The summed E-state index contributed by atoms with van der Waals surface area (Å²) in [6.45, 7) is 0.327. The van der Waals surface area contributed by atoms with Gasteiger partial charge < -0.3 is 5.73 Å². The summed E-state index contributed by atoms with van der Waals surface area (Å²) in [6, 6.07) is 5.97. The molecule has 3 N–H and O–H groups in total. The molecule has 0 amide bonds. The lowest BCUT2D eigenvalue weighted by Crippen LogP contribution is -2.28. The van der Waals surface area contributed by atoms with Crippen molar-refractivity contribution in [3.05, 3.63) is 42.5 Å². The second kappa shape index (κ2) is 5.47. The largest absolute Gasteiger partial charge is 0.329 e. The van der Waals surface area contributed by atoms with E-state index in [0.29, 0.717) is 0 Å². The zero-order chi connectivity index (χ0) is 13.9. The van der Waals surface area contributed by atoms with Crippen LogP contribution in [-0.2, 0) is 10.0 Å². The minimum atomic E-state index is -3.66. The number of halogens is 1. The topological polar surface area (TPSA) is 90.0 Å². The van der Waals surface area contributed by atoms with E-state index in [1.54, 1.807) is 12.1 Å². The van der Waals surface area contributed by atoms with Gasteiger partial charge in [-0.05, 0) is 12.1 Å². The average Bonchev–Trinajstić information content (AvgIpc) is 2.87. The highest BCUT2D eigenvalue weighted by molar-refractivity contribution is 7.89. The Bertz CT molecular complexity index is 669. The average molecular weight is 284 g/mol. The number of aromatic nitrogens is 2. The summed E-state index contributed by atoms with van der Waals surface area (Å²) in [6.07, 6.45) is 2.41. The third-order valence-electron chi connectivity index (χ3n) is 2.40. The SMILES string of the molecule is NCCNS(=O)(=O)c1cnn(-c2ccccc2F)c1. The summed E-state index contributed by atoms with van der Waals surface area (Å²) in [5.41, 5.74) is 5.42. The Kier molecular flexibility index (Phi) is 3.93. The lowest BCUT2D eigenvalue weighted by Gasteiger charge is -2.03. The molecule has 0 spiro atoms. The lowest BCUT2D eigenvalue weighted by molar-refractivity contribution is 0.582. The van der Waals surface area contributed by atoms with E-state index in [1.165, 1.54) is 23.0 Å². The van der Waals surface area contributed by atoms with Gasteiger partial charge in [0.25, 0.3) is 0 Å². The molecule has 19 heavy (non-hydrogen) atoms. The Morgan fingerprint density at radius 3 is 2.79 bits per heavy atom. The van der Waals surface area contributed by atoms with Crippen molar-refractivity contribution in [2.45, 2.75) is 4.90 Å². The molecule has 0 saturated carbocycles. The summed E-state index contributed by atoms with van der Waals surface area (Å²) in [5, 5.41) is 3.85. The summed E-state index contributed by atoms with van der Waals surface area (Å²) in [5.74, 6) is -0.482. The molecule has 6 nitrogen and oxygen atoms in total. The second-order valence-corrected chi connectivity index (χ2v) is 5.53. The number of rotatable bonds is 5. The van der Waals surface area contributed by atoms with Crippen LogP contribution in [0.3, 0.4) is 0 Å². The molecular formula is C11H13FN4O2S. The van der Waals surface area contributed by atoms with Crippen molar-refractivity contribution in [1.29, 1.82) is 0 Å². The van der Waals surface area contributed by atoms with Gasteiger partial charge in [-0.25, -0.2) is 22.2 Å². The molecule has 102 valence electrons. The van der Waals surface area contributed by atoms with Crippen molar-refractivity contribution in [2.24, 2.45) is 5.73 Å². The van der Waals surface area contributed by atoms with Gasteiger partial charge in [-0.2, -0.15) is 5.10 Å². The number of sulfonamides is 1. The molecule has 1 aromatic carbocycles. The van der Waals surface area contributed by atoms with E-state index in [2.05, 4.69) is 9.82 Å². The molecule has 0 aliphatic carbocycles. The minimum absolute atomic E-state index is 0.0378. The molecule has 2 aromatic rings. The van der Waals surface area contributed by atoms with Crippen LogP contribution in [0.4, 0.5) is 4.39 Å². The van der Waals surface area contributed by atoms with Crippen LogP contribution in [0.5, 0.6) is 0 Å². The van der Waals surface area contributed by atoms with E-state index in [4.69, 9.17) is 5.73 Å². The van der Waals surface area contributed by atoms with Gasteiger partial charge in [0, 0.05) is 13.1 Å². The molecule has 1 heterocycles. The fraction of sp³-hybridized carbons (Fsp3) is 0.182. The van der Waals surface area contributed by atoms with E-state index in [0.717, 1.165) is 6.20 Å². The Morgan fingerprint density at radius 2 is 2.11 bits per heavy atom. The highest BCUT2D eigenvalue weighted by atomic mass is 32.2. The predicted molar refractivity (Wildman–Crippen MR) is 67.8 cm³/mol. The monoisotopic (exact) mass is 284 g/mol. The quantitative estimate of drug-likeness (QED) is 0.823. The summed E-state index contributed by atoms with van der Waals surface area (Å²) >= 11 is 0. The third-order valence-corrected chi connectivity index (χ3v) is 3.82. The van der Waals surface area contributed by atoms with E-state index < -0.39 is 15.8 Å². The van der Waals surface area contributed by atoms with E-state index in [9.17, 15) is 12.8 Å². The zero-order valence-corrected chi connectivity index (χ0v) is 10.8. The Labute approximate surface area is 110 Å². The first kappa shape index (κ1) is 13.7. The molecule has 0 saturated heterocycles. The normalized spacial score (nSPS) is 11.7. The lowest BCUT2D eigenvalue weighted by atomic mass is 10.3. The van der Waals surface area contributed by atoms with Crippen LogP contribution in [0.15, 0.2) is 41.6 Å². The van der Waals surface area contributed by atoms with Gasteiger partial charge in [0.05, 0.1) is 12.4 Å². The van der Waals surface area contributed by atoms with E-state index in [-0.39, 0.29) is 23.7 Å². The molecule has 2 rings (SSSR count). The number of nitrogens with zero attached hydrogens (tertiary/aromatic N) is 2. The van der Waals surface area contributed by atoms with Crippen LogP contribution >= 0.6 is 0 Å². The Hall–Kier alpha value is -1.77. The fourth-order valence-electron chi connectivity index (χ4n) is 1.49. The maximum absolute atomic E-state index is 13.5. The Morgan fingerprint density at radius 1 is 1.37 bits per heavy atom. The molecular weight excluding hydrogens is 271 g/mol. The van der Waals surface area contributed by atoms with Crippen molar-refractivity contribution < 1.29 is 12.8 Å². The highest BCUT2D eigenvalue weighted by Crippen LogP contribution is 2.14. The van der Waals surface area contributed by atoms with E-state index >= 15 is 0 Å². The standard InChI is InChI=1S/C11H13FN4O2S/c12-10-3-1-2-4-11(10)16-8-9(7-14-16)19(17,18)15-6-5-13/h1-4,7-8,15H,5-6,13H2. The number of benzene rings is 1. The number of hydrogen-bond donors (Lipinski definition) is 2. The van der Waals surface area contributed by atoms with Crippen molar-refractivity contribution in [3.8, 4) is 5.69 Å². The fourth-order valence-corrected chi connectivity index (χ4v) is 2.47. The molecule has 0 atom stereocenters. The minimum Gasteiger partial charge on any atom is -0.329 e. The Balaban J connectivity index is 2.32. The van der Waals surface area contributed by atoms with Crippen LogP contribution in [0, 0.1) is 5.82 Å². The van der Waals surface area contributed by atoms with Gasteiger partial charge in [0.2, 0.25) is 10.0 Å². The molecule has 0 aliphatic heterocycles.